The lowest BCUT2D eigenvalue weighted by atomic mass is 10.1. The van der Waals surface area contributed by atoms with E-state index < -0.39 is 0 Å². The van der Waals surface area contributed by atoms with Gasteiger partial charge in [-0.3, -0.25) is 4.79 Å². The molecular formula is C13H26N2O. The molecule has 1 aliphatic heterocycles. The van der Waals surface area contributed by atoms with E-state index in [-0.39, 0.29) is 6.04 Å². The summed E-state index contributed by atoms with van der Waals surface area (Å²) in [6.07, 6.45) is 5.65. The van der Waals surface area contributed by atoms with E-state index >= 15 is 0 Å². The molecule has 3 nitrogen and oxygen atoms in total. The van der Waals surface area contributed by atoms with Gasteiger partial charge in [0.2, 0.25) is 0 Å². The Morgan fingerprint density at radius 2 is 1.94 bits per heavy atom. The Morgan fingerprint density at radius 1 is 1.25 bits per heavy atom. The molecule has 0 aromatic rings. The average Bonchev–Trinajstić information content (AvgIpc) is 2.34. The molecule has 94 valence electrons. The number of carbonyl (C=O) groups is 1. The monoisotopic (exact) mass is 226 g/mol. The van der Waals surface area contributed by atoms with Crippen LogP contribution >= 0.6 is 0 Å². The zero-order valence-corrected chi connectivity index (χ0v) is 10.8. The fourth-order valence-corrected chi connectivity index (χ4v) is 2.36. The Bertz CT molecular complexity index is 200. The van der Waals surface area contributed by atoms with Gasteiger partial charge < -0.3 is 10.2 Å². The Balaban J connectivity index is 2.27. The van der Waals surface area contributed by atoms with E-state index in [1.165, 1.54) is 32.4 Å². The quantitative estimate of drug-likeness (QED) is 0.718. The molecule has 0 amide bonds. The van der Waals surface area contributed by atoms with E-state index in [2.05, 4.69) is 17.1 Å². The van der Waals surface area contributed by atoms with E-state index in [0.29, 0.717) is 12.2 Å². The third-order valence-corrected chi connectivity index (χ3v) is 3.37. The number of hydrogen-bond acceptors (Lipinski definition) is 3. The summed E-state index contributed by atoms with van der Waals surface area (Å²) >= 11 is 0. The summed E-state index contributed by atoms with van der Waals surface area (Å²) in [5, 5.41) is 3.30. The van der Waals surface area contributed by atoms with Crippen molar-refractivity contribution in [2.24, 2.45) is 0 Å². The number of hydrogen-bond donors (Lipinski definition) is 1. The first-order valence-corrected chi connectivity index (χ1v) is 6.76. The van der Waals surface area contributed by atoms with E-state index in [1.807, 2.05) is 6.92 Å². The van der Waals surface area contributed by atoms with Crippen LogP contribution in [0.5, 0.6) is 0 Å². The highest BCUT2D eigenvalue weighted by Crippen LogP contribution is 2.10. The number of rotatable bonds is 7. The molecule has 1 rings (SSSR count). The summed E-state index contributed by atoms with van der Waals surface area (Å²) in [6, 6.07) is 0.0805. The minimum Gasteiger partial charge on any atom is -0.308 e. The normalized spacial score (nSPS) is 19.6. The Morgan fingerprint density at radius 3 is 2.50 bits per heavy atom. The van der Waals surface area contributed by atoms with Gasteiger partial charge in [0, 0.05) is 13.0 Å². The minimum atomic E-state index is 0.0805. The van der Waals surface area contributed by atoms with Crippen molar-refractivity contribution in [1.82, 2.24) is 10.2 Å². The lowest BCUT2D eigenvalue weighted by Crippen LogP contribution is -2.40. The fourth-order valence-electron chi connectivity index (χ4n) is 2.36. The molecule has 0 aromatic carbocycles. The standard InChI is InChI=1S/C13H26N2O/c1-3-13(16)12(14-4-2)8-11-15-9-6-5-7-10-15/h12,14H,3-11H2,1-2H3. The first-order valence-electron chi connectivity index (χ1n) is 6.76. The van der Waals surface area contributed by atoms with Crippen molar-refractivity contribution in [2.45, 2.75) is 52.0 Å². The van der Waals surface area contributed by atoms with E-state index in [1.54, 1.807) is 0 Å². The SMILES string of the molecule is CCNC(CCN1CCCCC1)C(=O)CC. The van der Waals surface area contributed by atoms with Gasteiger partial charge in [0.1, 0.15) is 5.78 Å². The second-order valence-electron chi connectivity index (χ2n) is 4.62. The predicted octanol–water partition coefficient (Wildman–Crippen LogP) is 1.82. The van der Waals surface area contributed by atoms with Crippen LogP contribution in [0.2, 0.25) is 0 Å². The van der Waals surface area contributed by atoms with Gasteiger partial charge in [-0.2, -0.15) is 0 Å². The zero-order valence-electron chi connectivity index (χ0n) is 10.8. The topological polar surface area (TPSA) is 32.3 Å². The lowest BCUT2D eigenvalue weighted by molar-refractivity contribution is -0.121. The van der Waals surface area contributed by atoms with Crippen molar-refractivity contribution in [1.29, 1.82) is 0 Å². The maximum absolute atomic E-state index is 11.7. The van der Waals surface area contributed by atoms with Gasteiger partial charge in [0.05, 0.1) is 6.04 Å². The van der Waals surface area contributed by atoms with Gasteiger partial charge in [-0.15, -0.1) is 0 Å². The number of likely N-dealkylation sites (N-methyl/N-ethyl adjacent to an activating group) is 1. The summed E-state index contributed by atoms with van der Waals surface area (Å²) in [5.74, 6) is 0.360. The highest BCUT2D eigenvalue weighted by atomic mass is 16.1. The smallest absolute Gasteiger partial charge is 0.149 e. The number of likely N-dealkylation sites (tertiary alicyclic amines) is 1. The van der Waals surface area contributed by atoms with E-state index in [9.17, 15) is 4.79 Å². The third-order valence-electron chi connectivity index (χ3n) is 3.37. The summed E-state index contributed by atoms with van der Waals surface area (Å²) in [7, 11) is 0. The van der Waals surface area contributed by atoms with Gasteiger partial charge in [-0.25, -0.2) is 0 Å². The maximum atomic E-state index is 11.7. The van der Waals surface area contributed by atoms with Crippen LogP contribution < -0.4 is 5.32 Å². The molecule has 0 aromatic heterocycles. The van der Waals surface area contributed by atoms with Crippen molar-refractivity contribution < 1.29 is 4.79 Å². The molecule has 0 aliphatic carbocycles. The molecule has 1 unspecified atom stereocenters. The van der Waals surface area contributed by atoms with E-state index in [4.69, 9.17) is 0 Å². The Kier molecular flexibility index (Phi) is 6.65. The highest BCUT2D eigenvalue weighted by Gasteiger charge is 2.17. The van der Waals surface area contributed by atoms with Crippen LogP contribution in [0.1, 0.15) is 46.0 Å². The molecule has 0 saturated carbocycles. The van der Waals surface area contributed by atoms with Crippen LogP contribution in [0, 0.1) is 0 Å². The number of Topliss-reactive ketones (excluding diaryl/α,β-unsaturated/α-hetero) is 1. The van der Waals surface area contributed by atoms with Crippen molar-refractivity contribution >= 4 is 5.78 Å². The van der Waals surface area contributed by atoms with Crippen LogP contribution in [0.4, 0.5) is 0 Å². The number of carbonyl (C=O) groups excluding carboxylic acids is 1. The summed E-state index contributed by atoms with van der Waals surface area (Å²) in [5.41, 5.74) is 0. The molecule has 1 aliphatic rings. The van der Waals surface area contributed by atoms with Gasteiger partial charge in [0.25, 0.3) is 0 Å². The molecule has 1 heterocycles. The maximum Gasteiger partial charge on any atom is 0.149 e. The van der Waals surface area contributed by atoms with Crippen LogP contribution in [0.15, 0.2) is 0 Å². The van der Waals surface area contributed by atoms with E-state index in [0.717, 1.165) is 19.5 Å². The molecule has 1 saturated heterocycles. The first-order chi connectivity index (χ1) is 7.77. The Hall–Kier alpha value is -0.410. The highest BCUT2D eigenvalue weighted by molar-refractivity contribution is 5.83. The van der Waals surface area contributed by atoms with Gasteiger partial charge in [-0.1, -0.05) is 20.3 Å². The Labute approximate surface area is 99.6 Å². The molecule has 0 bridgehead atoms. The summed E-state index contributed by atoms with van der Waals surface area (Å²) < 4.78 is 0. The molecule has 1 fully saturated rings. The summed E-state index contributed by atoms with van der Waals surface area (Å²) in [6.45, 7) is 8.42. The third kappa shape index (κ3) is 4.62. The molecule has 16 heavy (non-hydrogen) atoms. The van der Waals surface area contributed by atoms with Crippen LogP contribution in [-0.2, 0) is 4.79 Å². The van der Waals surface area contributed by atoms with Crippen molar-refractivity contribution in [3.8, 4) is 0 Å². The van der Waals surface area contributed by atoms with Gasteiger partial charge in [-0.05, 0) is 38.9 Å². The molecule has 1 N–H and O–H groups in total. The lowest BCUT2D eigenvalue weighted by Gasteiger charge is -2.28. The molecule has 0 radical (unpaired) electrons. The largest absolute Gasteiger partial charge is 0.308 e. The number of nitrogens with zero attached hydrogens (tertiary/aromatic N) is 1. The van der Waals surface area contributed by atoms with Crippen molar-refractivity contribution in [3.05, 3.63) is 0 Å². The van der Waals surface area contributed by atoms with Crippen molar-refractivity contribution in [3.63, 3.8) is 0 Å². The van der Waals surface area contributed by atoms with Crippen LogP contribution in [0.3, 0.4) is 0 Å². The second kappa shape index (κ2) is 7.80. The minimum absolute atomic E-state index is 0.0805. The van der Waals surface area contributed by atoms with Crippen LogP contribution in [-0.4, -0.2) is 42.9 Å². The van der Waals surface area contributed by atoms with Crippen molar-refractivity contribution in [2.75, 3.05) is 26.2 Å². The summed E-state index contributed by atoms with van der Waals surface area (Å²) in [4.78, 5) is 14.2. The second-order valence-corrected chi connectivity index (χ2v) is 4.62. The van der Waals surface area contributed by atoms with Gasteiger partial charge >= 0.3 is 0 Å². The molecule has 3 heteroatoms. The molecule has 0 spiro atoms. The number of nitrogens with one attached hydrogen (secondary N) is 1. The number of ketones is 1. The first kappa shape index (κ1) is 13.7. The van der Waals surface area contributed by atoms with Gasteiger partial charge in [0.15, 0.2) is 0 Å². The van der Waals surface area contributed by atoms with Crippen LogP contribution in [0.25, 0.3) is 0 Å². The molecular weight excluding hydrogens is 200 g/mol. The number of piperidine rings is 1. The molecule has 1 atom stereocenters. The average molecular weight is 226 g/mol. The fraction of sp³-hybridized carbons (Fsp3) is 0.923. The predicted molar refractivity (Wildman–Crippen MR) is 67.7 cm³/mol. The zero-order chi connectivity index (χ0) is 11.8.